The van der Waals surface area contributed by atoms with Crippen molar-refractivity contribution in [1.29, 1.82) is 0 Å². The lowest BCUT2D eigenvalue weighted by Crippen LogP contribution is -2.36. The largest absolute Gasteiger partial charge is 0.371 e. The van der Waals surface area contributed by atoms with Crippen molar-refractivity contribution in [2.45, 2.75) is 66.3 Å². The number of hydrogen-bond acceptors (Lipinski definition) is 3. The van der Waals surface area contributed by atoms with Gasteiger partial charge in [-0.3, -0.25) is 9.59 Å². The molecule has 0 radical (unpaired) electrons. The van der Waals surface area contributed by atoms with E-state index in [1.54, 1.807) is 18.2 Å². The highest BCUT2D eigenvalue weighted by atomic mass is 19.1. The summed E-state index contributed by atoms with van der Waals surface area (Å²) >= 11 is 0. The third-order valence-corrected chi connectivity index (χ3v) is 7.71. The number of nitrogens with one attached hydrogen (secondary N) is 2. The SMILES string of the molecule is C[C@H](CC(=O)Nc1ccc(N2CCC(Cc3ccccc3)CC2)c(C(=O)NCc2ccc(F)cc2)c1)CC(C)(C)C. The number of halogens is 1. The number of hydrogen-bond donors (Lipinski definition) is 2. The number of carbonyl (C=O) groups excluding carboxylic acids is 2. The molecule has 0 bridgehead atoms. The van der Waals surface area contributed by atoms with Crippen molar-refractivity contribution in [2.24, 2.45) is 17.3 Å². The van der Waals surface area contributed by atoms with Crippen molar-refractivity contribution in [3.05, 3.63) is 95.3 Å². The van der Waals surface area contributed by atoms with E-state index in [9.17, 15) is 14.0 Å². The van der Waals surface area contributed by atoms with Gasteiger partial charge in [0.2, 0.25) is 5.91 Å². The molecule has 3 aromatic carbocycles. The molecule has 1 fully saturated rings. The number of rotatable bonds is 10. The lowest BCUT2D eigenvalue weighted by Gasteiger charge is -2.35. The molecule has 5 nitrogen and oxygen atoms in total. The first-order valence-corrected chi connectivity index (χ1v) is 14.8. The van der Waals surface area contributed by atoms with Gasteiger partial charge in [-0.25, -0.2) is 4.39 Å². The van der Waals surface area contributed by atoms with Crippen LogP contribution in [0.4, 0.5) is 15.8 Å². The summed E-state index contributed by atoms with van der Waals surface area (Å²) in [7, 11) is 0. The molecule has 0 saturated carbocycles. The first-order valence-electron chi connectivity index (χ1n) is 14.8. The molecule has 1 saturated heterocycles. The van der Waals surface area contributed by atoms with Crippen LogP contribution in [0.15, 0.2) is 72.8 Å². The van der Waals surface area contributed by atoms with Crippen LogP contribution in [0, 0.1) is 23.1 Å². The second kappa shape index (κ2) is 13.8. The quantitative estimate of drug-likeness (QED) is 0.270. The molecular formula is C35H44FN3O2. The summed E-state index contributed by atoms with van der Waals surface area (Å²) in [5, 5.41) is 6.01. The molecule has 4 rings (SSSR count). The smallest absolute Gasteiger partial charge is 0.253 e. The maximum absolute atomic E-state index is 13.5. The third-order valence-electron chi connectivity index (χ3n) is 7.71. The Kier molecular flexibility index (Phi) is 10.2. The van der Waals surface area contributed by atoms with Crippen LogP contribution in [-0.2, 0) is 17.8 Å². The summed E-state index contributed by atoms with van der Waals surface area (Å²) in [6.45, 7) is 10.7. The van der Waals surface area contributed by atoms with Gasteiger partial charge in [0, 0.05) is 37.4 Å². The predicted octanol–water partition coefficient (Wildman–Crippen LogP) is 7.62. The van der Waals surface area contributed by atoms with Crippen LogP contribution in [0.2, 0.25) is 0 Å². The summed E-state index contributed by atoms with van der Waals surface area (Å²) in [6, 6.07) is 22.4. The van der Waals surface area contributed by atoms with Gasteiger partial charge in [-0.05, 0) is 84.4 Å². The lowest BCUT2D eigenvalue weighted by molar-refractivity contribution is -0.117. The van der Waals surface area contributed by atoms with E-state index >= 15 is 0 Å². The van der Waals surface area contributed by atoms with E-state index in [4.69, 9.17) is 0 Å². The maximum Gasteiger partial charge on any atom is 0.253 e. The summed E-state index contributed by atoms with van der Waals surface area (Å²) in [4.78, 5) is 28.6. The molecule has 1 aliphatic rings. The molecule has 3 aromatic rings. The fourth-order valence-corrected chi connectivity index (χ4v) is 5.92. The van der Waals surface area contributed by atoms with Gasteiger partial charge < -0.3 is 15.5 Å². The molecule has 0 unspecified atom stereocenters. The van der Waals surface area contributed by atoms with Crippen LogP contribution in [0.3, 0.4) is 0 Å². The molecule has 1 heterocycles. The molecule has 0 spiro atoms. The van der Waals surface area contributed by atoms with Crippen LogP contribution in [0.5, 0.6) is 0 Å². The zero-order valence-electron chi connectivity index (χ0n) is 24.9. The van der Waals surface area contributed by atoms with E-state index in [1.807, 2.05) is 18.2 Å². The van der Waals surface area contributed by atoms with Gasteiger partial charge in [-0.2, -0.15) is 0 Å². The Morgan fingerprint density at radius 3 is 2.29 bits per heavy atom. The summed E-state index contributed by atoms with van der Waals surface area (Å²) < 4.78 is 13.3. The van der Waals surface area contributed by atoms with Crippen LogP contribution in [0.1, 0.15) is 74.9 Å². The molecule has 41 heavy (non-hydrogen) atoms. The second-order valence-corrected chi connectivity index (χ2v) is 12.8. The first kappa shape index (κ1) is 30.3. The van der Waals surface area contributed by atoms with Crippen molar-refractivity contribution in [3.63, 3.8) is 0 Å². The Balaban J connectivity index is 1.47. The molecule has 0 aromatic heterocycles. The van der Waals surface area contributed by atoms with Gasteiger partial charge in [0.15, 0.2) is 0 Å². The Morgan fingerprint density at radius 1 is 0.951 bits per heavy atom. The zero-order valence-corrected chi connectivity index (χ0v) is 24.9. The van der Waals surface area contributed by atoms with E-state index < -0.39 is 0 Å². The molecule has 0 aliphatic carbocycles. The molecule has 1 aliphatic heterocycles. The standard InChI is InChI=1S/C35H44FN3O2/c1-25(23-35(2,3)4)20-33(40)38-30-14-15-32(31(22-30)34(41)37-24-28-10-12-29(36)13-11-28)39-18-16-27(17-19-39)21-26-8-6-5-7-9-26/h5-15,22,25,27H,16-21,23-24H2,1-4H3,(H,37,41)(H,38,40)/t25-/m1/s1. The minimum atomic E-state index is -0.307. The number of piperidine rings is 1. The summed E-state index contributed by atoms with van der Waals surface area (Å²) in [6.07, 6.45) is 4.56. The normalized spacial score (nSPS) is 14.9. The van der Waals surface area contributed by atoms with Gasteiger partial charge >= 0.3 is 0 Å². The number of anilines is 2. The fraction of sp³-hybridized carbons (Fsp3) is 0.429. The van der Waals surface area contributed by atoms with Gasteiger partial charge in [0.1, 0.15) is 5.82 Å². The van der Waals surface area contributed by atoms with Crippen molar-refractivity contribution in [1.82, 2.24) is 5.32 Å². The number of carbonyl (C=O) groups is 2. The minimum Gasteiger partial charge on any atom is -0.371 e. The van der Waals surface area contributed by atoms with Crippen molar-refractivity contribution >= 4 is 23.2 Å². The van der Waals surface area contributed by atoms with Crippen molar-refractivity contribution in [2.75, 3.05) is 23.3 Å². The van der Waals surface area contributed by atoms with Gasteiger partial charge in [0.05, 0.1) is 5.56 Å². The van der Waals surface area contributed by atoms with Crippen LogP contribution >= 0.6 is 0 Å². The highest BCUT2D eigenvalue weighted by Crippen LogP contribution is 2.31. The second-order valence-electron chi connectivity index (χ2n) is 12.8. The van der Waals surface area contributed by atoms with Crippen LogP contribution in [-0.4, -0.2) is 24.9 Å². The fourth-order valence-electron chi connectivity index (χ4n) is 5.92. The average molecular weight is 558 g/mol. The molecule has 218 valence electrons. The lowest BCUT2D eigenvalue weighted by atomic mass is 9.84. The topological polar surface area (TPSA) is 61.4 Å². The number of benzene rings is 3. The number of amides is 2. The maximum atomic E-state index is 13.5. The Hall–Kier alpha value is -3.67. The Bertz CT molecular complexity index is 1290. The van der Waals surface area contributed by atoms with Gasteiger partial charge in [0.25, 0.3) is 5.91 Å². The minimum absolute atomic E-state index is 0.0473. The zero-order chi connectivity index (χ0) is 29.4. The van der Waals surface area contributed by atoms with Crippen molar-refractivity contribution < 1.29 is 14.0 Å². The van der Waals surface area contributed by atoms with E-state index in [0.29, 0.717) is 30.1 Å². The monoisotopic (exact) mass is 557 g/mol. The average Bonchev–Trinajstić information content (AvgIpc) is 2.92. The molecule has 1 atom stereocenters. The van der Waals surface area contributed by atoms with Crippen LogP contribution in [0.25, 0.3) is 0 Å². The first-order chi connectivity index (χ1) is 19.6. The summed E-state index contributed by atoms with van der Waals surface area (Å²) in [5.74, 6) is 0.295. The number of nitrogens with zero attached hydrogens (tertiary/aromatic N) is 1. The Labute approximate surface area is 244 Å². The van der Waals surface area contributed by atoms with Gasteiger partial charge in [-0.1, -0.05) is 70.2 Å². The highest BCUT2D eigenvalue weighted by Gasteiger charge is 2.24. The van der Waals surface area contributed by atoms with E-state index in [-0.39, 0.29) is 29.0 Å². The van der Waals surface area contributed by atoms with E-state index in [2.05, 4.69) is 67.5 Å². The molecular weight excluding hydrogens is 513 g/mol. The Morgan fingerprint density at radius 2 is 1.63 bits per heavy atom. The van der Waals surface area contributed by atoms with E-state index in [1.165, 1.54) is 17.7 Å². The van der Waals surface area contributed by atoms with Gasteiger partial charge in [-0.15, -0.1) is 0 Å². The molecule has 2 amide bonds. The van der Waals surface area contributed by atoms with Crippen molar-refractivity contribution in [3.8, 4) is 0 Å². The molecule has 6 heteroatoms. The molecule has 2 N–H and O–H groups in total. The van der Waals surface area contributed by atoms with E-state index in [0.717, 1.165) is 50.0 Å². The van der Waals surface area contributed by atoms with Crippen LogP contribution < -0.4 is 15.5 Å². The summed E-state index contributed by atoms with van der Waals surface area (Å²) in [5.41, 5.74) is 4.37. The predicted molar refractivity (Wildman–Crippen MR) is 166 cm³/mol. The third kappa shape index (κ3) is 9.44. The highest BCUT2D eigenvalue weighted by molar-refractivity contribution is 6.02.